The molecule has 3 aromatic carbocycles. The van der Waals surface area contributed by atoms with E-state index in [1.54, 1.807) is 49.4 Å². The standard InChI is InChI=1S/C24H23NO6S/c1-16-9-14-20(32(28,29)25(3)22-7-5-6-8-23(22)30-4)15-21(16)24(27)31-19-12-10-18(11-13-19)17(2)26/h5-15H,1-4H3. The molecule has 0 aliphatic carbocycles. The lowest BCUT2D eigenvalue weighted by Gasteiger charge is -2.22. The number of ketones is 1. The van der Waals surface area contributed by atoms with Crippen molar-refractivity contribution in [1.82, 2.24) is 0 Å². The highest BCUT2D eigenvalue weighted by Gasteiger charge is 2.25. The van der Waals surface area contributed by atoms with Gasteiger partial charge >= 0.3 is 5.97 Å². The molecule has 0 saturated heterocycles. The second-order valence-corrected chi connectivity index (χ2v) is 9.06. The van der Waals surface area contributed by atoms with E-state index in [1.807, 2.05) is 0 Å². The highest BCUT2D eigenvalue weighted by Crippen LogP contribution is 2.31. The first kappa shape index (κ1) is 23.0. The summed E-state index contributed by atoms with van der Waals surface area (Å²) in [7, 11) is -1.10. The molecule has 0 aliphatic heterocycles. The van der Waals surface area contributed by atoms with Crippen molar-refractivity contribution in [3.8, 4) is 11.5 Å². The number of hydrogen-bond donors (Lipinski definition) is 0. The minimum atomic E-state index is -3.98. The zero-order valence-corrected chi connectivity index (χ0v) is 19.0. The predicted octanol–water partition coefficient (Wildman–Crippen LogP) is 4.25. The second kappa shape index (κ2) is 9.23. The van der Waals surface area contributed by atoms with E-state index in [0.29, 0.717) is 22.6 Å². The number of esters is 1. The first-order valence-electron chi connectivity index (χ1n) is 9.71. The van der Waals surface area contributed by atoms with Gasteiger partial charge in [0, 0.05) is 12.6 Å². The Hall–Kier alpha value is -3.65. The second-order valence-electron chi connectivity index (χ2n) is 7.09. The Morgan fingerprint density at radius 1 is 0.938 bits per heavy atom. The van der Waals surface area contributed by atoms with Crippen LogP contribution < -0.4 is 13.8 Å². The van der Waals surface area contributed by atoms with Gasteiger partial charge in [-0.3, -0.25) is 9.10 Å². The third-order valence-corrected chi connectivity index (χ3v) is 6.75. The average molecular weight is 454 g/mol. The van der Waals surface area contributed by atoms with Gasteiger partial charge in [-0.25, -0.2) is 13.2 Å². The van der Waals surface area contributed by atoms with Gasteiger partial charge in [0.05, 0.1) is 23.3 Å². The Labute approximate surface area is 187 Å². The molecule has 0 N–H and O–H groups in total. The summed E-state index contributed by atoms with van der Waals surface area (Å²) >= 11 is 0. The van der Waals surface area contributed by atoms with Gasteiger partial charge in [0.1, 0.15) is 11.5 Å². The van der Waals surface area contributed by atoms with Crippen LogP contribution in [0.4, 0.5) is 5.69 Å². The first-order valence-corrected chi connectivity index (χ1v) is 11.1. The van der Waals surface area contributed by atoms with Crippen molar-refractivity contribution in [3.63, 3.8) is 0 Å². The SMILES string of the molecule is COc1ccccc1N(C)S(=O)(=O)c1ccc(C)c(C(=O)Oc2ccc(C(C)=O)cc2)c1. The molecular formula is C24H23NO6S. The number of Topliss-reactive ketones (excluding diaryl/α,β-unsaturated/α-hetero) is 1. The van der Waals surface area contributed by atoms with E-state index >= 15 is 0 Å². The van der Waals surface area contributed by atoms with Gasteiger partial charge in [0.15, 0.2) is 5.78 Å². The number of rotatable bonds is 7. The number of sulfonamides is 1. The topological polar surface area (TPSA) is 90.0 Å². The molecular weight excluding hydrogens is 430 g/mol. The van der Waals surface area contributed by atoms with Crippen LogP contribution in [0.5, 0.6) is 11.5 Å². The zero-order chi connectivity index (χ0) is 23.5. The van der Waals surface area contributed by atoms with Gasteiger partial charge in [0.25, 0.3) is 10.0 Å². The summed E-state index contributed by atoms with van der Waals surface area (Å²) in [4.78, 5) is 24.1. The van der Waals surface area contributed by atoms with E-state index in [0.717, 1.165) is 4.31 Å². The fourth-order valence-electron chi connectivity index (χ4n) is 3.08. The molecule has 0 aromatic heterocycles. The molecule has 0 radical (unpaired) electrons. The molecule has 0 heterocycles. The molecule has 0 bridgehead atoms. The molecule has 0 amide bonds. The van der Waals surface area contributed by atoms with Gasteiger partial charge in [-0.1, -0.05) is 18.2 Å². The predicted molar refractivity (Wildman–Crippen MR) is 121 cm³/mol. The number of benzene rings is 3. The highest BCUT2D eigenvalue weighted by atomic mass is 32.2. The number of nitrogens with zero attached hydrogens (tertiary/aromatic N) is 1. The normalized spacial score (nSPS) is 11.0. The van der Waals surface area contributed by atoms with Crippen molar-refractivity contribution < 1.29 is 27.5 Å². The Morgan fingerprint density at radius 3 is 2.22 bits per heavy atom. The minimum absolute atomic E-state index is 0.0598. The fourth-order valence-corrected chi connectivity index (χ4v) is 4.31. The number of para-hydroxylation sites is 2. The van der Waals surface area contributed by atoms with Crippen molar-refractivity contribution >= 4 is 27.5 Å². The maximum Gasteiger partial charge on any atom is 0.343 e. The maximum absolute atomic E-state index is 13.2. The van der Waals surface area contributed by atoms with E-state index < -0.39 is 16.0 Å². The Bertz CT molecular complexity index is 1270. The van der Waals surface area contributed by atoms with Crippen LogP contribution >= 0.6 is 0 Å². The maximum atomic E-state index is 13.2. The zero-order valence-electron chi connectivity index (χ0n) is 18.2. The van der Waals surface area contributed by atoms with Crippen LogP contribution in [0.2, 0.25) is 0 Å². The largest absolute Gasteiger partial charge is 0.495 e. The van der Waals surface area contributed by atoms with E-state index in [-0.39, 0.29) is 22.0 Å². The van der Waals surface area contributed by atoms with Crippen molar-refractivity contribution in [2.45, 2.75) is 18.7 Å². The molecule has 0 atom stereocenters. The number of carbonyl (C=O) groups excluding carboxylic acids is 2. The van der Waals surface area contributed by atoms with Gasteiger partial charge in [0.2, 0.25) is 0 Å². The first-order chi connectivity index (χ1) is 15.1. The van der Waals surface area contributed by atoms with Crippen molar-refractivity contribution in [2.24, 2.45) is 0 Å². The number of aryl methyl sites for hydroxylation is 1. The molecule has 8 heteroatoms. The van der Waals surface area contributed by atoms with E-state index in [9.17, 15) is 18.0 Å². The molecule has 0 fully saturated rings. The Balaban J connectivity index is 1.91. The quantitative estimate of drug-likeness (QED) is 0.302. The lowest BCUT2D eigenvalue weighted by molar-refractivity contribution is 0.0733. The molecule has 3 rings (SSSR count). The number of hydrogen-bond acceptors (Lipinski definition) is 6. The summed E-state index contributed by atoms with van der Waals surface area (Å²) < 4.78 is 38.2. The summed E-state index contributed by atoms with van der Waals surface area (Å²) in [5, 5.41) is 0. The Morgan fingerprint density at radius 2 is 1.59 bits per heavy atom. The van der Waals surface area contributed by atoms with Crippen LogP contribution in [-0.2, 0) is 10.0 Å². The van der Waals surface area contributed by atoms with Gasteiger partial charge < -0.3 is 9.47 Å². The fraction of sp³-hybridized carbons (Fsp3) is 0.167. The minimum Gasteiger partial charge on any atom is -0.495 e. The van der Waals surface area contributed by atoms with Crippen molar-refractivity contribution in [3.05, 3.63) is 83.4 Å². The summed E-state index contributed by atoms with van der Waals surface area (Å²) in [6, 6.07) is 17.2. The third kappa shape index (κ3) is 4.65. The van der Waals surface area contributed by atoms with Gasteiger partial charge in [-0.05, 0) is 67.9 Å². The summed E-state index contributed by atoms with van der Waals surface area (Å²) in [5.74, 6) is -0.149. The van der Waals surface area contributed by atoms with Crippen LogP contribution in [-0.4, -0.2) is 34.3 Å². The van der Waals surface area contributed by atoms with Crippen molar-refractivity contribution in [2.75, 3.05) is 18.5 Å². The molecule has 0 spiro atoms. The van der Waals surface area contributed by atoms with E-state index in [4.69, 9.17) is 9.47 Å². The monoisotopic (exact) mass is 453 g/mol. The lowest BCUT2D eigenvalue weighted by atomic mass is 10.1. The van der Waals surface area contributed by atoms with Crippen LogP contribution in [0, 0.1) is 6.92 Å². The van der Waals surface area contributed by atoms with Crippen LogP contribution in [0.3, 0.4) is 0 Å². The highest BCUT2D eigenvalue weighted by molar-refractivity contribution is 7.92. The summed E-state index contributed by atoms with van der Waals surface area (Å²) in [5.41, 5.74) is 1.54. The number of carbonyl (C=O) groups is 2. The van der Waals surface area contributed by atoms with Gasteiger partial charge in [-0.2, -0.15) is 0 Å². The third-order valence-electron chi connectivity index (χ3n) is 4.98. The smallest absolute Gasteiger partial charge is 0.343 e. The van der Waals surface area contributed by atoms with Crippen molar-refractivity contribution in [1.29, 1.82) is 0 Å². The number of ether oxygens (including phenoxy) is 2. The molecule has 0 saturated carbocycles. The van der Waals surface area contributed by atoms with E-state index in [2.05, 4.69) is 0 Å². The molecule has 166 valence electrons. The van der Waals surface area contributed by atoms with Crippen LogP contribution in [0.1, 0.15) is 33.2 Å². The van der Waals surface area contributed by atoms with Gasteiger partial charge in [-0.15, -0.1) is 0 Å². The average Bonchev–Trinajstić information content (AvgIpc) is 2.78. The molecule has 3 aromatic rings. The molecule has 7 nitrogen and oxygen atoms in total. The van der Waals surface area contributed by atoms with Crippen LogP contribution in [0.25, 0.3) is 0 Å². The Kier molecular flexibility index (Phi) is 6.64. The van der Waals surface area contributed by atoms with E-state index in [1.165, 1.54) is 45.3 Å². The molecule has 32 heavy (non-hydrogen) atoms. The van der Waals surface area contributed by atoms with Crippen LogP contribution in [0.15, 0.2) is 71.6 Å². The summed E-state index contributed by atoms with van der Waals surface area (Å²) in [6.07, 6.45) is 0. The summed E-state index contributed by atoms with van der Waals surface area (Å²) in [6.45, 7) is 3.13. The number of methoxy groups -OCH3 is 1. The lowest BCUT2D eigenvalue weighted by Crippen LogP contribution is -2.27. The molecule has 0 aliphatic rings. The number of anilines is 1. The molecule has 0 unspecified atom stereocenters.